The summed E-state index contributed by atoms with van der Waals surface area (Å²) in [5.41, 5.74) is 0.930. The number of allylic oxidation sites excluding steroid dienone is 1. The van der Waals surface area contributed by atoms with Crippen LogP contribution in [0.1, 0.15) is 12.0 Å². The summed E-state index contributed by atoms with van der Waals surface area (Å²) < 4.78 is 0. The molecular formula is C10H9Cl3. The summed E-state index contributed by atoms with van der Waals surface area (Å²) in [6.45, 7) is 0. The molecule has 1 aromatic rings. The molecule has 0 saturated carbocycles. The average Bonchev–Trinajstić information content (AvgIpc) is 2.13. The second kappa shape index (κ2) is 5.54. The lowest BCUT2D eigenvalue weighted by molar-refractivity contribution is 1.24. The van der Waals surface area contributed by atoms with E-state index < -0.39 is 0 Å². The standard InChI is InChI=1S/C10H9Cl3/c11-7-2-1-4-8-5-3-6-9(12)10(8)13/h1,3-6H,2,7H2. The van der Waals surface area contributed by atoms with Gasteiger partial charge in [0.1, 0.15) is 0 Å². The summed E-state index contributed by atoms with van der Waals surface area (Å²) in [5, 5.41) is 1.17. The van der Waals surface area contributed by atoms with E-state index in [1.807, 2.05) is 24.3 Å². The largest absolute Gasteiger partial charge is 0.126 e. The quantitative estimate of drug-likeness (QED) is 0.670. The lowest BCUT2D eigenvalue weighted by Gasteiger charge is -1.99. The molecule has 0 aromatic heterocycles. The molecule has 0 fully saturated rings. The van der Waals surface area contributed by atoms with E-state index in [9.17, 15) is 0 Å². The minimum absolute atomic E-state index is 0.578. The van der Waals surface area contributed by atoms with Gasteiger partial charge in [-0.05, 0) is 18.1 Å². The maximum absolute atomic E-state index is 5.96. The van der Waals surface area contributed by atoms with Crippen LogP contribution in [0.3, 0.4) is 0 Å². The highest BCUT2D eigenvalue weighted by atomic mass is 35.5. The zero-order valence-corrected chi connectivity index (χ0v) is 9.20. The molecule has 0 spiro atoms. The van der Waals surface area contributed by atoms with Gasteiger partial charge in [0.05, 0.1) is 10.0 Å². The number of halogens is 3. The number of alkyl halides is 1. The first-order valence-electron chi connectivity index (χ1n) is 3.92. The van der Waals surface area contributed by atoms with Gasteiger partial charge in [0, 0.05) is 5.88 Å². The Kier molecular flexibility index (Phi) is 4.65. The first-order valence-corrected chi connectivity index (χ1v) is 5.21. The Morgan fingerprint density at radius 2 is 2.00 bits per heavy atom. The molecular weight excluding hydrogens is 226 g/mol. The van der Waals surface area contributed by atoms with Crippen LogP contribution >= 0.6 is 34.8 Å². The molecule has 3 heteroatoms. The lowest BCUT2D eigenvalue weighted by Crippen LogP contribution is -1.76. The monoisotopic (exact) mass is 234 g/mol. The maximum atomic E-state index is 5.96. The molecule has 0 aliphatic carbocycles. The van der Waals surface area contributed by atoms with Crippen molar-refractivity contribution in [3.05, 3.63) is 39.9 Å². The lowest BCUT2D eigenvalue weighted by atomic mass is 10.2. The van der Waals surface area contributed by atoms with Gasteiger partial charge >= 0.3 is 0 Å². The van der Waals surface area contributed by atoms with E-state index in [1.54, 1.807) is 6.07 Å². The molecule has 0 amide bonds. The average molecular weight is 236 g/mol. The van der Waals surface area contributed by atoms with Gasteiger partial charge in [-0.15, -0.1) is 11.6 Å². The molecule has 0 aliphatic heterocycles. The van der Waals surface area contributed by atoms with Crippen LogP contribution in [-0.4, -0.2) is 5.88 Å². The van der Waals surface area contributed by atoms with E-state index >= 15 is 0 Å². The zero-order valence-electron chi connectivity index (χ0n) is 6.93. The van der Waals surface area contributed by atoms with Crippen LogP contribution in [0.2, 0.25) is 10.0 Å². The van der Waals surface area contributed by atoms with E-state index in [2.05, 4.69) is 0 Å². The topological polar surface area (TPSA) is 0 Å². The predicted molar refractivity (Wildman–Crippen MR) is 60.8 cm³/mol. The van der Waals surface area contributed by atoms with Crippen LogP contribution in [-0.2, 0) is 0 Å². The fraction of sp³-hybridized carbons (Fsp3) is 0.200. The molecule has 0 unspecified atom stereocenters. The van der Waals surface area contributed by atoms with Gasteiger partial charge < -0.3 is 0 Å². The van der Waals surface area contributed by atoms with E-state index in [0.717, 1.165) is 12.0 Å². The SMILES string of the molecule is ClCCC=Cc1cccc(Cl)c1Cl. The first kappa shape index (κ1) is 10.9. The van der Waals surface area contributed by atoms with Gasteiger partial charge in [-0.25, -0.2) is 0 Å². The summed E-state index contributed by atoms with van der Waals surface area (Å²) >= 11 is 17.3. The third kappa shape index (κ3) is 3.22. The van der Waals surface area contributed by atoms with Crippen molar-refractivity contribution in [3.8, 4) is 0 Å². The summed E-state index contributed by atoms with van der Waals surface area (Å²) in [7, 11) is 0. The minimum atomic E-state index is 0.578. The van der Waals surface area contributed by atoms with E-state index in [1.165, 1.54) is 0 Å². The summed E-state index contributed by atoms with van der Waals surface area (Å²) in [4.78, 5) is 0. The molecule has 0 N–H and O–H groups in total. The molecule has 0 saturated heterocycles. The highest BCUT2D eigenvalue weighted by Gasteiger charge is 1.99. The van der Waals surface area contributed by atoms with Gasteiger partial charge in [0.2, 0.25) is 0 Å². The van der Waals surface area contributed by atoms with Gasteiger partial charge in [-0.2, -0.15) is 0 Å². The molecule has 0 bridgehead atoms. The Balaban J connectivity index is 2.83. The fourth-order valence-electron chi connectivity index (χ4n) is 0.922. The Morgan fingerprint density at radius 1 is 1.23 bits per heavy atom. The molecule has 0 atom stereocenters. The molecule has 0 nitrogen and oxygen atoms in total. The van der Waals surface area contributed by atoms with Crippen molar-refractivity contribution in [1.29, 1.82) is 0 Å². The van der Waals surface area contributed by atoms with Crippen molar-refractivity contribution in [3.63, 3.8) is 0 Å². The summed E-state index contributed by atoms with van der Waals surface area (Å²) in [6, 6.07) is 5.55. The van der Waals surface area contributed by atoms with Gasteiger partial charge in [-0.1, -0.05) is 47.5 Å². The van der Waals surface area contributed by atoms with Gasteiger partial charge in [0.15, 0.2) is 0 Å². The zero-order chi connectivity index (χ0) is 9.68. The smallest absolute Gasteiger partial charge is 0.0664 e. The highest BCUT2D eigenvalue weighted by Crippen LogP contribution is 2.26. The van der Waals surface area contributed by atoms with Crippen LogP contribution in [0.25, 0.3) is 6.08 Å². The Hall–Kier alpha value is -0.170. The van der Waals surface area contributed by atoms with E-state index in [0.29, 0.717) is 15.9 Å². The normalized spacial score (nSPS) is 11.0. The Labute approximate surface area is 93.1 Å². The minimum Gasteiger partial charge on any atom is -0.126 e. The number of rotatable bonds is 3. The van der Waals surface area contributed by atoms with Crippen molar-refractivity contribution in [2.45, 2.75) is 6.42 Å². The van der Waals surface area contributed by atoms with Crippen LogP contribution in [0, 0.1) is 0 Å². The molecule has 0 heterocycles. The maximum Gasteiger partial charge on any atom is 0.0664 e. The highest BCUT2D eigenvalue weighted by molar-refractivity contribution is 6.42. The van der Waals surface area contributed by atoms with E-state index in [-0.39, 0.29) is 0 Å². The third-order valence-corrected chi connectivity index (χ3v) is 2.61. The second-order valence-corrected chi connectivity index (χ2v) is 3.69. The first-order chi connectivity index (χ1) is 6.25. The van der Waals surface area contributed by atoms with Crippen molar-refractivity contribution >= 4 is 40.9 Å². The second-order valence-electron chi connectivity index (χ2n) is 2.52. The van der Waals surface area contributed by atoms with Gasteiger partial charge in [0.25, 0.3) is 0 Å². The van der Waals surface area contributed by atoms with Crippen LogP contribution in [0.4, 0.5) is 0 Å². The van der Waals surface area contributed by atoms with Crippen LogP contribution in [0.15, 0.2) is 24.3 Å². The Bertz CT molecular complexity index is 305. The van der Waals surface area contributed by atoms with Crippen LogP contribution < -0.4 is 0 Å². The summed E-state index contributed by atoms with van der Waals surface area (Å²) in [6.07, 6.45) is 4.74. The Morgan fingerprint density at radius 3 is 2.69 bits per heavy atom. The molecule has 70 valence electrons. The third-order valence-electron chi connectivity index (χ3n) is 1.55. The molecule has 0 aliphatic rings. The van der Waals surface area contributed by atoms with E-state index in [4.69, 9.17) is 34.8 Å². The molecule has 13 heavy (non-hydrogen) atoms. The van der Waals surface area contributed by atoms with Crippen molar-refractivity contribution < 1.29 is 0 Å². The van der Waals surface area contributed by atoms with Crippen molar-refractivity contribution in [2.75, 3.05) is 5.88 Å². The van der Waals surface area contributed by atoms with Crippen molar-refractivity contribution in [2.24, 2.45) is 0 Å². The predicted octanol–water partition coefficient (Wildman–Crippen LogP) is 4.64. The number of hydrogen-bond acceptors (Lipinski definition) is 0. The molecule has 1 rings (SSSR count). The molecule has 1 aromatic carbocycles. The van der Waals surface area contributed by atoms with Crippen LogP contribution in [0.5, 0.6) is 0 Å². The fourth-order valence-corrected chi connectivity index (χ4v) is 1.42. The number of hydrogen-bond donors (Lipinski definition) is 0. The summed E-state index contributed by atoms with van der Waals surface area (Å²) in [5.74, 6) is 0.620. The molecule has 0 radical (unpaired) electrons. The van der Waals surface area contributed by atoms with Gasteiger partial charge in [-0.3, -0.25) is 0 Å². The van der Waals surface area contributed by atoms with Crippen molar-refractivity contribution in [1.82, 2.24) is 0 Å². The number of benzene rings is 1.